The number of anilines is 1. The predicted octanol–water partition coefficient (Wildman–Crippen LogP) is 0.556. The first-order valence-corrected chi connectivity index (χ1v) is 5.35. The molecular formula is C11H17N3O2. The van der Waals surface area contributed by atoms with Gasteiger partial charge in [0.15, 0.2) is 0 Å². The molecule has 0 unspecified atom stereocenters. The SMILES string of the molecule is Nc1ncccc1C(=O)NCCCCCO. The lowest BCUT2D eigenvalue weighted by molar-refractivity contribution is 0.0953. The molecule has 0 saturated heterocycles. The van der Waals surface area contributed by atoms with Gasteiger partial charge in [-0.3, -0.25) is 4.79 Å². The zero-order chi connectivity index (χ0) is 11.8. The Morgan fingerprint density at radius 3 is 2.94 bits per heavy atom. The average Bonchev–Trinajstić information content (AvgIpc) is 2.29. The van der Waals surface area contributed by atoms with Gasteiger partial charge in [-0.1, -0.05) is 0 Å². The van der Waals surface area contributed by atoms with Crippen molar-refractivity contribution in [1.82, 2.24) is 10.3 Å². The summed E-state index contributed by atoms with van der Waals surface area (Å²) in [5, 5.41) is 11.3. The smallest absolute Gasteiger partial charge is 0.255 e. The molecule has 5 nitrogen and oxygen atoms in total. The lowest BCUT2D eigenvalue weighted by Crippen LogP contribution is -2.25. The van der Waals surface area contributed by atoms with E-state index in [0.29, 0.717) is 12.1 Å². The molecule has 0 aliphatic rings. The van der Waals surface area contributed by atoms with Crippen LogP contribution in [0.4, 0.5) is 5.82 Å². The fourth-order valence-electron chi connectivity index (χ4n) is 1.32. The fraction of sp³-hybridized carbons (Fsp3) is 0.455. The molecule has 0 bridgehead atoms. The van der Waals surface area contributed by atoms with Crippen molar-refractivity contribution >= 4 is 11.7 Å². The zero-order valence-electron chi connectivity index (χ0n) is 9.15. The number of pyridine rings is 1. The van der Waals surface area contributed by atoms with E-state index in [2.05, 4.69) is 10.3 Å². The van der Waals surface area contributed by atoms with Crippen LogP contribution in [0.2, 0.25) is 0 Å². The van der Waals surface area contributed by atoms with Crippen LogP contribution in [0.25, 0.3) is 0 Å². The molecule has 0 spiro atoms. The summed E-state index contributed by atoms with van der Waals surface area (Å²) < 4.78 is 0. The van der Waals surface area contributed by atoms with Gasteiger partial charge >= 0.3 is 0 Å². The van der Waals surface area contributed by atoms with E-state index in [1.807, 2.05) is 0 Å². The monoisotopic (exact) mass is 223 g/mol. The third kappa shape index (κ3) is 3.86. The molecule has 0 aromatic carbocycles. The molecule has 4 N–H and O–H groups in total. The molecule has 1 heterocycles. The molecule has 0 fully saturated rings. The summed E-state index contributed by atoms with van der Waals surface area (Å²) in [6, 6.07) is 3.32. The number of hydrogen-bond acceptors (Lipinski definition) is 4. The molecule has 0 aliphatic carbocycles. The summed E-state index contributed by atoms with van der Waals surface area (Å²) in [4.78, 5) is 15.5. The Labute approximate surface area is 94.7 Å². The van der Waals surface area contributed by atoms with Gasteiger partial charge < -0.3 is 16.2 Å². The van der Waals surface area contributed by atoms with Crippen LogP contribution < -0.4 is 11.1 Å². The van der Waals surface area contributed by atoms with Crippen molar-refractivity contribution in [2.45, 2.75) is 19.3 Å². The Hall–Kier alpha value is -1.62. The van der Waals surface area contributed by atoms with E-state index in [1.165, 1.54) is 0 Å². The van der Waals surface area contributed by atoms with Crippen LogP contribution in [0.3, 0.4) is 0 Å². The number of aliphatic hydroxyl groups is 1. The summed E-state index contributed by atoms with van der Waals surface area (Å²) in [5.74, 6) is 0.0463. The van der Waals surface area contributed by atoms with Crippen LogP contribution in [-0.4, -0.2) is 29.1 Å². The Bertz CT molecular complexity index is 342. The van der Waals surface area contributed by atoms with Gasteiger partial charge in [0.1, 0.15) is 5.82 Å². The third-order valence-electron chi connectivity index (χ3n) is 2.20. The summed E-state index contributed by atoms with van der Waals surface area (Å²) in [6.07, 6.45) is 4.07. The van der Waals surface area contributed by atoms with Gasteiger partial charge in [-0.15, -0.1) is 0 Å². The zero-order valence-corrected chi connectivity index (χ0v) is 9.15. The van der Waals surface area contributed by atoms with Crippen LogP contribution in [-0.2, 0) is 0 Å². The standard InChI is InChI=1S/C11H17N3O2/c12-10-9(5-4-7-13-10)11(16)14-6-2-1-3-8-15/h4-5,7,15H,1-3,6,8H2,(H2,12,13)(H,14,16). The largest absolute Gasteiger partial charge is 0.396 e. The van der Waals surface area contributed by atoms with Crippen molar-refractivity contribution in [3.63, 3.8) is 0 Å². The second kappa shape index (κ2) is 6.79. The van der Waals surface area contributed by atoms with E-state index in [1.54, 1.807) is 18.3 Å². The van der Waals surface area contributed by atoms with Crippen molar-refractivity contribution in [2.24, 2.45) is 0 Å². The summed E-state index contributed by atoms with van der Waals surface area (Å²) in [7, 11) is 0. The van der Waals surface area contributed by atoms with E-state index in [9.17, 15) is 4.79 Å². The molecular weight excluding hydrogens is 206 g/mol. The number of nitrogens with two attached hydrogens (primary N) is 1. The molecule has 5 heteroatoms. The van der Waals surface area contributed by atoms with Crippen LogP contribution >= 0.6 is 0 Å². The highest BCUT2D eigenvalue weighted by Crippen LogP contribution is 2.06. The number of aromatic nitrogens is 1. The normalized spacial score (nSPS) is 10.1. The maximum absolute atomic E-state index is 11.6. The van der Waals surface area contributed by atoms with Crippen LogP contribution in [0.5, 0.6) is 0 Å². The number of rotatable bonds is 6. The highest BCUT2D eigenvalue weighted by Gasteiger charge is 2.08. The average molecular weight is 223 g/mol. The van der Waals surface area contributed by atoms with Gasteiger partial charge in [0.25, 0.3) is 5.91 Å². The molecule has 0 saturated carbocycles. The van der Waals surface area contributed by atoms with Crippen LogP contribution in [0.15, 0.2) is 18.3 Å². The molecule has 1 aromatic heterocycles. The lowest BCUT2D eigenvalue weighted by atomic mass is 10.2. The fourth-order valence-corrected chi connectivity index (χ4v) is 1.32. The minimum Gasteiger partial charge on any atom is -0.396 e. The number of carbonyl (C=O) groups excluding carboxylic acids is 1. The van der Waals surface area contributed by atoms with E-state index in [0.717, 1.165) is 19.3 Å². The minimum atomic E-state index is -0.199. The highest BCUT2D eigenvalue weighted by atomic mass is 16.2. The van der Waals surface area contributed by atoms with Crippen LogP contribution in [0.1, 0.15) is 29.6 Å². The first kappa shape index (κ1) is 12.4. The first-order chi connectivity index (χ1) is 7.75. The summed E-state index contributed by atoms with van der Waals surface area (Å²) in [5.41, 5.74) is 5.98. The van der Waals surface area contributed by atoms with E-state index >= 15 is 0 Å². The first-order valence-electron chi connectivity index (χ1n) is 5.35. The number of carbonyl (C=O) groups is 1. The van der Waals surface area contributed by atoms with Crippen molar-refractivity contribution in [3.05, 3.63) is 23.9 Å². The van der Waals surface area contributed by atoms with Crippen molar-refractivity contribution in [2.75, 3.05) is 18.9 Å². The number of amides is 1. The van der Waals surface area contributed by atoms with E-state index in [-0.39, 0.29) is 18.3 Å². The molecule has 16 heavy (non-hydrogen) atoms. The topological polar surface area (TPSA) is 88.2 Å². The summed E-state index contributed by atoms with van der Waals surface area (Å²) >= 11 is 0. The minimum absolute atomic E-state index is 0.198. The number of nitrogen functional groups attached to an aromatic ring is 1. The number of unbranched alkanes of at least 4 members (excludes halogenated alkanes) is 2. The molecule has 88 valence electrons. The Kier molecular flexibility index (Phi) is 5.28. The van der Waals surface area contributed by atoms with Crippen molar-refractivity contribution < 1.29 is 9.90 Å². The highest BCUT2D eigenvalue weighted by molar-refractivity contribution is 5.98. The van der Waals surface area contributed by atoms with Gasteiger partial charge in [0, 0.05) is 19.3 Å². The molecule has 0 atom stereocenters. The summed E-state index contributed by atoms with van der Waals surface area (Å²) in [6.45, 7) is 0.788. The Morgan fingerprint density at radius 1 is 1.44 bits per heavy atom. The number of aliphatic hydroxyl groups excluding tert-OH is 1. The van der Waals surface area contributed by atoms with Gasteiger partial charge in [-0.2, -0.15) is 0 Å². The van der Waals surface area contributed by atoms with Gasteiger partial charge in [0.2, 0.25) is 0 Å². The Balaban J connectivity index is 2.33. The lowest BCUT2D eigenvalue weighted by Gasteiger charge is -2.06. The third-order valence-corrected chi connectivity index (χ3v) is 2.20. The van der Waals surface area contributed by atoms with Gasteiger partial charge in [-0.25, -0.2) is 4.98 Å². The molecule has 1 rings (SSSR count). The molecule has 0 radical (unpaired) electrons. The number of nitrogens with one attached hydrogen (secondary N) is 1. The van der Waals surface area contributed by atoms with Gasteiger partial charge in [-0.05, 0) is 31.4 Å². The van der Waals surface area contributed by atoms with Crippen molar-refractivity contribution in [1.29, 1.82) is 0 Å². The molecule has 0 aliphatic heterocycles. The number of hydrogen-bond donors (Lipinski definition) is 3. The quantitative estimate of drug-likeness (QED) is 0.615. The molecule has 1 aromatic rings. The van der Waals surface area contributed by atoms with E-state index < -0.39 is 0 Å². The maximum atomic E-state index is 11.6. The Morgan fingerprint density at radius 2 is 2.25 bits per heavy atom. The van der Waals surface area contributed by atoms with Crippen molar-refractivity contribution in [3.8, 4) is 0 Å². The van der Waals surface area contributed by atoms with Crippen LogP contribution in [0, 0.1) is 0 Å². The maximum Gasteiger partial charge on any atom is 0.255 e. The predicted molar refractivity (Wildman–Crippen MR) is 61.9 cm³/mol. The van der Waals surface area contributed by atoms with E-state index in [4.69, 9.17) is 10.8 Å². The second-order valence-electron chi connectivity index (χ2n) is 3.48. The molecule has 1 amide bonds. The van der Waals surface area contributed by atoms with Gasteiger partial charge in [0.05, 0.1) is 5.56 Å². The second-order valence-corrected chi connectivity index (χ2v) is 3.48. The number of nitrogens with zero attached hydrogens (tertiary/aromatic N) is 1.